The Bertz CT molecular complexity index is 45.3. The van der Waals surface area contributed by atoms with Crippen LogP contribution in [0.1, 0.15) is 6.42 Å². The topological polar surface area (TPSA) is 23.8 Å². The molecule has 0 aliphatic carbocycles. The largest absolute Gasteiger partial charge is 0.198 e. The van der Waals surface area contributed by atoms with Crippen molar-refractivity contribution in [2.75, 3.05) is 5.75 Å². The van der Waals surface area contributed by atoms with Gasteiger partial charge in [0, 0.05) is 12.2 Å². The van der Waals surface area contributed by atoms with Crippen LogP contribution in [0.5, 0.6) is 0 Å². The third kappa shape index (κ3) is 3.84. The summed E-state index contributed by atoms with van der Waals surface area (Å²) in [5, 5.41) is 7.75. The van der Waals surface area contributed by atoms with Crippen molar-refractivity contribution in [1.82, 2.24) is 0 Å². The molecule has 0 bridgehead atoms. The van der Waals surface area contributed by atoms with E-state index in [1.807, 2.05) is 6.07 Å². The van der Waals surface area contributed by atoms with Crippen molar-refractivity contribution >= 4 is 12.6 Å². The quantitative estimate of drug-likeness (QED) is 0.468. The number of hydrogen-bond acceptors (Lipinski definition) is 1. The predicted octanol–water partition coefficient (Wildman–Crippen LogP) is 1.10. The van der Waals surface area contributed by atoms with Gasteiger partial charge in [0.25, 0.3) is 0 Å². The molecule has 0 spiro atoms. The minimum atomic E-state index is 0.509. The van der Waals surface area contributed by atoms with E-state index >= 15 is 0 Å². The summed E-state index contributed by atoms with van der Waals surface area (Å²) < 4.78 is 0. The van der Waals surface area contributed by atoms with Crippen LogP contribution in [0, 0.1) is 11.3 Å². The number of nitrogens with zero attached hydrogens (tertiary/aromatic N) is 1. The molecule has 0 amide bonds. The Hall–Kier alpha value is -0.160. The van der Waals surface area contributed by atoms with Crippen LogP contribution in [0.3, 0.4) is 0 Å². The zero-order chi connectivity index (χ0) is 4.12. The molecular formula is C3H4NS. The molecule has 0 N–H and O–H groups in total. The van der Waals surface area contributed by atoms with Crippen LogP contribution in [-0.4, -0.2) is 5.75 Å². The lowest BCUT2D eigenvalue weighted by Gasteiger charge is -1.63. The number of nitriles is 1. The normalized spacial score (nSPS) is 6.40. The molecule has 1 nitrogen and oxygen atoms in total. The van der Waals surface area contributed by atoms with E-state index in [-0.39, 0.29) is 0 Å². The molecule has 0 rings (SSSR count). The number of hydrogen-bond donors (Lipinski definition) is 0. The van der Waals surface area contributed by atoms with E-state index in [0.29, 0.717) is 12.2 Å². The summed E-state index contributed by atoms with van der Waals surface area (Å²) in [6.07, 6.45) is 0.509. The van der Waals surface area contributed by atoms with Crippen LogP contribution < -0.4 is 0 Å². The van der Waals surface area contributed by atoms with Gasteiger partial charge in [0.15, 0.2) is 0 Å². The van der Waals surface area contributed by atoms with E-state index in [1.165, 1.54) is 0 Å². The van der Waals surface area contributed by atoms with Crippen LogP contribution in [0.25, 0.3) is 0 Å². The molecule has 0 unspecified atom stereocenters. The SMILES string of the molecule is N#CCC[S]. The van der Waals surface area contributed by atoms with Gasteiger partial charge in [-0.25, -0.2) is 0 Å². The van der Waals surface area contributed by atoms with Crippen LogP contribution in [0.15, 0.2) is 0 Å². The highest BCUT2D eigenvalue weighted by Crippen LogP contribution is 1.75. The Labute approximate surface area is 37.0 Å². The van der Waals surface area contributed by atoms with Crippen LogP contribution in [0.2, 0.25) is 0 Å². The van der Waals surface area contributed by atoms with E-state index in [9.17, 15) is 0 Å². The zero-order valence-corrected chi connectivity index (χ0v) is 3.59. The molecule has 0 aromatic rings. The van der Waals surface area contributed by atoms with Gasteiger partial charge in [0.2, 0.25) is 0 Å². The van der Waals surface area contributed by atoms with Crippen molar-refractivity contribution in [2.24, 2.45) is 0 Å². The molecule has 2 heteroatoms. The van der Waals surface area contributed by atoms with Crippen LogP contribution in [-0.2, 0) is 0 Å². The van der Waals surface area contributed by atoms with Gasteiger partial charge in [-0.05, 0) is 0 Å². The molecule has 5 heavy (non-hydrogen) atoms. The second kappa shape index (κ2) is 3.84. The molecule has 1 radical (unpaired) electrons. The van der Waals surface area contributed by atoms with Gasteiger partial charge < -0.3 is 0 Å². The van der Waals surface area contributed by atoms with Crippen molar-refractivity contribution in [2.45, 2.75) is 6.42 Å². The van der Waals surface area contributed by atoms with Gasteiger partial charge in [0.05, 0.1) is 6.07 Å². The highest BCUT2D eigenvalue weighted by molar-refractivity contribution is 7.80. The predicted molar refractivity (Wildman–Crippen MR) is 22.7 cm³/mol. The number of rotatable bonds is 1. The van der Waals surface area contributed by atoms with Crippen molar-refractivity contribution in [3.8, 4) is 6.07 Å². The van der Waals surface area contributed by atoms with E-state index in [2.05, 4.69) is 12.6 Å². The Morgan fingerprint density at radius 2 is 2.40 bits per heavy atom. The molecule has 0 saturated carbocycles. The first-order valence-electron chi connectivity index (χ1n) is 1.37. The van der Waals surface area contributed by atoms with Crippen LogP contribution in [0.4, 0.5) is 0 Å². The van der Waals surface area contributed by atoms with Crippen molar-refractivity contribution in [1.29, 1.82) is 5.26 Å². The van der Waals surface area contributed by atoms with Crippen LogP contribution >= 0.6 is 12.6 Å². The Morgan fingerprint density at radius 3 is 2.40 bits per heavy atom. The Balaban J connectivity index is 2.48. The maximum atomic E-state index is 7.75. The van der Waals surface area contributed by atoms with Gasteiger partial charge in [-0.1, -0.05) is 12.6 Å². The maximum Gasteiger partial charge on any atom is 0.0630 e. The summed E-state index contributed by atoms with van der Waals surface area (Å²) in [7, 11) is 0. The fourth-order valence-corrected chi connectivity index (χ4v) is 0.137. The lowest BCUT2D eigenvalue weighted by molar-refractivity contribution is 1.25. The average molecular weight is 86.1 g/mol. The maximum absolute atomic E-state index is 7.75. The molecule has 0 aliphatic heterocycles. The third-order valence-electron chi connectivity index (χ3n) is 0.214. The molecule has 0 aliphatic rings. The highest BCUT2D eigenvalue weighted by atomic mass is 32.1. The first-order valence-corrected chi connectivity index (χ1v) is 1.94. The first kappa shape index (κ1) is 4.84. The highest BCUT2D eigenvalue weighted by Gasteiger charge is 1.67. The van der Waals surface area contributed by atoms with Gasteiger partial charge >= 0.3 is 0 Å². The summed E-state index contributed by atoms with van der Waals surface area (Å²) in [5.74, 6) is 0.566. The standard InChI is InChI=1S/C3H4NS/c4-2-1-3-5/h1,3H2. The molecule has 0 saturated heterocycles. The minimum absolute atomic E-state index is 0.509. The van der Waals surface area contributed by atoms with Gasteiger partial charge in [-0.3, -0.25) is 0 Å². The zero-order valence-electron chi connectivity index (χ0n) is 2.77. The molecule has 0 aromatic carbocycles. The van der Waals surface area contributed by atoms with Crippen molar-refractivity contribution in [3.05, 3.63) is 0 Å². The molecule has 0 heterocycles. The summed E-state index contributed by atoms with van der Waals surface area (Å²) in [4.78, 5) is 0. The first-order chi connectivity index (χ1) is 2.41. The fourth-order valence-electron chi connectivity index (χ4n) is 0.0456. The second-order valence-corrected chi connectivity index (χ2v) is 1.02. The minimum Gasteiger partial charge on any atom is -0.198 e. The summed E-state index contributed by atoms with van der Waals surface area (Å²) in [6, 6.07) is 1.91. The lowest BCUT2D eigenvalue weighted by atomic mass is 10.6. The van der Waals surface area contributed by atoms with E-state index in [1.54, 1.807) is 0 Å². The van der Waals surface area contributed by atoms with E-state index in [0.717, 1.165) is 0 Å². The molecule has 0 atom stereocenters. The Kier molecular flexibility index (Phi) is 3.72. The average Bonchev–Trinajstić information content (AvgIpc) is 1.41. The summed E-state index contributed by atoms with van der Waals surface area (Å²) >= 11 is 4.43. The van der Waals surface area contributed by atoms with Gasteiger partial charge in [-0.2, -0.15) is 5.26 Å². The third-order valence-corrected chi connectivity index (χ3v) is 0.418. The molecule has 0 aromatic heterocycles. The van der Waals surface area contributed by atoms with Crippen molar-refractivity contribution < 1.29 is 0 Å². The van der Waals surface area contributed by atoms with E-state index in [4.69, 9.17) is 5.26 Å². The summed E-state index contributed by atoms with van der Waals surface area (Å²) in [5.41, 5.74) is 0. The van der Waals surface area contributed by atoms with Gasteiger partial charge in [-0.15, -0.1) is 0 Å². The molecule has 27 valence electrons. The monoisotopic (exact) mass is 86.0 g/mol. The fraction of sp³-hybridized carbons (Fsp3) is 0.667. The smallest absolute Gasteiger partial charge is 0.0630 e. The second-order valence-electron chi connectivity index (χ2n) is 0.612. The lowest BCUT2D eigenvalue weighted by Crippen LogP contribution is -1.61. The molecular weight excluding hydrogens is 82.1 g/mol. The molecule has 0 fully saturated rings. The summed E-state index contributed by atoms with van der Waals surface area (Å²) in [6.45, 7) is 0. The van der Waals surface area contributed by atoms with Gasteiger partial charge in [0.1, 0.15) is 0 Å². The van der Waals surface area contributed by atoms with E-state index < -0.39 is 0 Å². The van der Waals surface area contributed by atoms with Crippen molar-refractivity contribution in [3.63, 3.8) is 0 Å². The Morgan fingerprint density at radius 1 is 1.80 bits per heavy atom.